The molecule has 0 aliphatic heterocycles. The molecule has 3 aromatic rings. The minimum atomic E-state index is -2.49. The van der Waals surface area contributed by atoms with Crippen LogP contribution in [0.5, 0.6) is 5.75 Å². The van der Waals surface area contributed by atoms with E-state index in [0.717, 1.165) is 5.56 Å². The van der Waals surface area contributed by atoms with Crippen molar-refractivity contribution in [2.75, 3.05) is 6.54 Å². The van der Waals surface area contributed by atoms with Gasteiger partial charge in [0, 0.05) is 13.0 Å². The lowest BCUT2D eigenvalue weighted by atomic mass is 10.0. The molecular weight excluding hydrogens is 572 g/mol. The number of hydrogen-bond donors (Lipinski definition) is 1. The summed E-state index contributed by atoms with van der Waals surface area (Å²) >= 11 is 0. The highest BCUT2D eigenvalue weighted by atomic mass is 19.2. The third-order valence-electron chi connectivity index (χ3n) is 5.49. The molecule has 1 amide bonds. The molecule has 0 aliphatic carbocycles. The third-order valence-corrected chi connectivity index (χ3v) is 5.49. The average molecular weight is 598 g/mol. The van der Waals surface area contributed by atoms with E-state index in [1.807, 2.05) is 18.2 Å². The highest BCUT2D eigenvalue weighted by Gasteiger charge is 2.34. The minimum absolute atomic E-state index is 0.168. The molecule has 1 N–H and O–H groups in total. The van der Waals surface area contributed by atoms with Gasteiger partial charge in [-0.15, -0.1) is 0 Å². The lowest BCUT2D eigenvalue weighted by molar-refractivity contribution is -0.167. The smallest absolute Gasteiger partial charge is 0.407 e. The van der Waals surface area contributed by atoms with E-state index < -0.39 is 83.7 Å². The highest BCUT2D eigenvalue weighted by Crippen LogP contribution is 2.30. The van der Waals surface area contributed by atoms with Gasteiger partial charge in [0.2, 0.25) is 47.1 Å². The standard InChI is InChI=1S/C29H25F6NO6/c1-29(2,3)42-28(39)36-14-13-18(26(37)41-25-23(34)21(32)20(31)22(33)24(25)35)40-27(38)19(30)17-11-9-16(10-12-17)15-7-5-4-6-8-15/h4-12,18-19H,13-14H2,1-3H3,(H,36,39)/t18-,19?/m0/s1. The number of carbonyl (C=O) groups excluding carboxylic acids is 3. The number of esters is 2. The van der Waals surface area contributed by atoms with Crippen molar-refractivity contribution in [3.8, 4) is 16.9 Å². The topological polar surface area (TPSA) is 90.9 Å². The van der Waals surface area contributed by atoms with Crippen LogP contribution in [-0.4, -0.2) is 36.3 Å². The summed E-state index contributed by atoms with van der Waals surface area (Å²) in [6.07, 6.45) is -6.20. The number of halogens is 6. The van der Waals surface area contributed by atoms with E-state index in [1.54, 1.807) is 32.9 Å². The summed E-state index contributed by atoms with van der Waals surface area (Å²) < 4.78 is 98.0. The first-order valence-electron chi connectivity index (χ1n) is 12.4. The summed E-state index contributed by atoms with van der Waals surface area (Å²) in [5.74, 6) is -17.6. The van der Waals surface area contributed by atoms with Crippen LogP contribution < -0.4 is 10.1 Å². The molecule has 0 spiro atoms. The van der Waals surface area contributed by atoms with E-state index in [9.17, 15) is 36.3 Å². The fourth-order valence-electron chi connectivity index (χ4n) is 3.50. The van der Waals surface area contributed by atoms with Gasteiger partial charge < -0.3 is 19.5 Å². The van der Waals surface area contributed by atoms with E-state index in [0.29, 0.717) is 5.56 Å². The maximum atomic E-state index is 15.1. The second-order valence-corrected chi connectivity index (χ2v) is 9.81. The summed E-state index contributed by atoms with van der Waals surface area (Å²) in [6, 6.07) is 14.7. The largest absolute Gasteiger partial charge is 0.448 e. The first kappa shape index (κ1) is 32.0. The Hall–Kier alpha value is -4.55. The van der Waals surface area contributed by atoms with Crippen molar-refractivity contribution in [1.29, 1.82) is 0 Å². The van der Waals surface area contributed by atoms with Gasteiger partial charge in [0.15, 0.2) is 0 Å². The van der Waals surface area contributed by atoms with E-state index >= 15 is 4.39 Å². The van der Waals surface area contributed by atoms with Crippen LogP contribution in [0.15, 0.2) is 54.6 Å². The van der Waals surface area contributed by atoms with Gasteiger partial charge in [0.1, 0.15) is 5.60 Å². The molecule has 0 bridgehead atoms. The van der Waals surface area contributed by atoms with Gasteiger partial charge in [-0.25, -0.2) is 31.9 Å². The Balaban J connectivity index is 1.79. The Kier molecular flexibility index (Phi) is 10.2. The van der Waals surface area contributed by atoms with E-state index in [4.69, 9.17) is 9.47 Å². The summed E-state index contributed by atoms with van der Waals surface area (Å²) in [7, 11) is 0. The van der Waals surface area contributed by atoms with Crippen molar-refractivity contribution >= 4 is 18.0 Å². The second-order valence-electron chi connectivity index (χ2n) is 9.81. The quantitative estimate of drug-likeness (QED) is 0.0997. The molecule has 0 aromatic heterocycles. The van der Waals surface area contributed by atoms with Crippen LogP contribution in [0.4, 0.5) is 31.1 Å². The van der Waals surface area contributed by atoms with Crippen molar-refractivity contribution in [3.05, 3.63) is 89.2 Å². The van der Waals surface area contributed by atoms with E-state index in [1.165, 1.54) is 24.3 Å². The number of alkyl halides is 1. The molecule has 3 rings (SSSR count). The number of nitrogens with one attached hydrogen (secondary N) is 1. The molecule has 0 radical (unpaired) electrons. The number of hydrogen-bond acceptors (Lipinski definition) is 6. The van der Waals surface area contributed by atoms with Gasteiger partial charge in [0.05, 0.1) is 0 Å². The van der Waals surface area contributed by atoms with Gasteiger partial charge >= 0.3 is 18.0 Å². The molecule has 42 heavy (non-hydrogen) atoms. The monoisotopic (exact) mass is 597 g/mol. The zero-order chi connectivity index (χ0) is 31.2. The maximum absolute atomic E-state index is 15.1. The lowest BCUT2D eigenvalue weighted by Crippen LogP contribution is -2.38. The molecular formula is C29H25F6NO6. The first-order chi connectivity index (χ1) is 19.7. The molecule has 0 saturated heterocycles. The van der Waals surface area contributed by atoms with Gasteiger partial charge in [-0.2, -0.15) is 8.78 Å². The molecule has 0 saturated carbocycles. The van der Waals surface area contributed by atoms with Crippen molar-refractivity contribution < 1.29 is 54.9 Å². The lowest BCUT2D eigenvalue weighted by Gasteiger charge is -2.21. The number of ether oxygens (including phenoxy) is 3. The molecule has 3 aromatic carbocycles. The fraction of sp³-hybridized carbons (Fsp3) is 0.276. The Morgan fingerprint density at radius 3 is 1.83 bits per heavy atom. The van der Waals surface area contributed by atoms with Crippen molar-refractivity contribution in [2.24, 2.45) is 0 Å². The summed E-state index contributed by atoms with van der Waals surface area (Å²) in [5.41, 5.74) is 0.448. The number of alkyl carbamates (subject to hydrolysis) is 1. The Bertz CT molecular complexity index is 1410. The first-order valence-corrected chi connectivity index (χ1v) is 12.4. The van der Waals surface area contributed by atoms with E-state index in [2.05, 4.69) is 10.1 Å². The predicted octanol–water partition coefficient (Wildman–Crippen LogP) is 6.49. The predicted molar refractivity (Wildman–Crippen MR) is 136 cm³/mol. The minimum Gasteiger partial charge on any atom is -0.448 e. The average Bonchev–Trinajstić information content (AvgIpc) is 2.95. The molecule has 0 aliphatic rings. The van der Waals surface area contributed by atoms with Gasteiger partial charge in [-0.1, -0.05) is 54.6 Å². The number of amides is 1. The van der Waals surface area contributed by atoms with Crippen molar-refractivity contribution in [1.82, 2.24) is 5.32 Å². The Morgan fingerprint density at radius 1 is 0.762 bits per heavy atom. The normalized spacial score (nSPS) is 12.7. The fourth-order valence-corrected chi connectivity index (χ4v) is 3.50. The maximum Gasteiger partial charge on any atom is 0.407 e. The number of benzene rings is 3. The second kappa shape index (κ2) is 13.4. The molecule has 0 heterocycles. The number of carbonyl (C=O) groups is 3. The molecule has 2 atom stereocenters. The van der Waals surface area contributed by atoms with Crippen LogP contribution in [0.2, 0.25) is 0 Å². The Labute approximate surface area is 236 Å². The third kappa shape index (κ3) is 8.02. The van der Waals surface area contributed by atoms with Crippen LogP contribution in [0.3, 0.4) is 0 Å². The van der Waals surface area contributed by atoms with Gasteiger partial charge in [-0.05, 0) is 37.5 Å². The van der Waals surface area contributed by atoms with Gasteiger partial charge in [-0.3, -0.25) is 0 Å². The molecule has 7 nitrogen and oxygen atoms in total. The summed E-state index contributed by atoms with van der Waals surface area (Å²) in [5, 5.41) is 2.22. The van der Waals surface area contributed by atoms with Crippen molar-refractivity contribution in [2.45, 2.75) is 45.1 Å². The molecule has 0 fully saturated rings. The highest BCUT2D eigenvalue weighted by molar-refractivity contribution is 5.83. The zero-order valence-electron chi connectivity index (χ0n) is 22.5. The summed E-state index contributed by atoms with van der Waals surface area (Å²) in [6.45, 7) is 4.22. The van der Waals surface area contributed by atoms with Crippen LogP contribution in [-0.2, 0) is 19.1 Å². The number of rotatable bonds is 9. The van der Waals surface area contributed by atoms with Crippen molar-refractivity contribution in [3.63, 3.8) is 0 Å². The molecule has 224 valence electrons. The summed E-state index contributed by atoms with van der Waals surface area (Å²) in [4.78, 5) is 37.2. The zero-order valence-corrected chi connectivity index (χ0v) is 22.5. The molecule has 13 heteroatoms. The Morgan fingerprint density at radius 2 is 1.29 bits per heavy atom. The van der Waals surface area contributed by atoms with E-state index in [-0.39, 0.29) is 5.56 Å². The van der Waals surface area contributed by atoms with Crippen LogP contribution >= 0.6 is 0 Å². The van der Waals surface area contributed by atoms with Gasteiger partial charge in [0.25, 0.3) is 0 Å². The van der Waals surface area contributed by atoms with Crippen LogP contribution in [0.1, 0.15) is 38.9 Å². The SMILES string of the molecule is CC(C)(C)OC(=O)NCC[C@H](OC(=O)C(F)c1ccc(-c2ccccc2)cc1)C(=O)Oc1c(F)c(F)c(F)c(F)c1F. The van der Waals surface area contributed by atoms with Crippen LogP contribution in [0, 0.1) is 29.1 Å². The van der Waals surface area contributed by atoms with Crippen LogP contribution in [0.25, 0.3) is 11.1 Å². The molecule has 1 unspecified atom stereocenters.